The van der Waals surface area contributed by atoms with Crippen LogP contribution in [0.15, 0.2) is 36.5 Å². The van der Waals surface area contributed by atoms with Gasteiger partial charge in [0.25, 0.3) is 11.7 Å². The highest BCUT2D eigenvalue weighted by Crippen LogP contribution is 2.10. The molecular formula is C15H14ClN5O. The first-order valence-corrected chi connectivity index (χ1v) is 7.22. The van der Waals surface area contributed by atoms with E-state index in [0.29, 0.717) is 23.8 Å². The zero-order valence-corrected chi connectivity index (χ0v) is 12.7. The molecular weight excluding hydrogens is 302 g/mol. The average molecular weight is 316 g/mol. The van der Waals surface area contributed by atoms with E-state index in [4.69, 9.17) is 11.6 Å². The van der Waals surface area contributed by atoms with E-state index in [2.05, 4.69) is 20.4 Å². The van der Waals surface area contributed by atoms with Gasteiger partial charge in [-0.2, -0.15) is 4.98 Å². The van der Waals surface area contributed by atoms with E-state index >= 15 is 0 Å². The van der Waals surface area contributed by atoms with Crippen LogP contribution >= 0.6 is 11.6 Å². The van der Waals surface area contributed by atoms with Crippen molar-refractivity contribution in [2.24, 2.45) is 0 Å². The van der Waals surface area contributed by atoms with Gasteiger partial charge < -0.3 is 5.32 Å². The van der Waals surface area contributed by atoms with Crippen molar-refractivity contribution >= 4 is 23.3 Å². The molecule has 6 nitrogen and oxygen atoms in total. The van der Waals surface area contributed by atoms with E-state index in [0.717, 1.165) is 11.3 Å². The molecule has 3 rings (SSSR count). The minimum Gasteiger partial charge on any atom is -0.349 e. The van der Waals surface area contributed by atoms with E-state index < -0.39 is 0 Å². The van der Waals surface area contributed by atoms with Gasteiger partial charge in [-0.15, -0.1) is 5.10 Å². The molecule has 0 fully saturated rings. The molecule has 0 aliphatic carbocycles. The van der Waals surface area contributed by atoms with Crippen molar-refractivity contribution in [3.63, 3.8) is 0 Å². The van der Waals surface area contributed by atoms with Crippen LogP contribution in [-0.4, -0.2) is 32.0 Å². The monoisotopic (exact) mass is 315 g/mol. The molecule has 3 aromatic rings. The Bertz CT molecular complexity index is 830. The van der Waals surface area contributed by atoms with Crippen LogP contribution in [0.25, 0.3) is 5.78 Å². The molecule has 1 N–H and O–H groups in total. The maximum atomic E-state index is 12.1. The van der Waals surface area contributed by atoms with E-state index in [1.165, 1.54) is 0 Å². The third kappa shape index (κ3) is 3.07. The third-order valence-electron chi connectivity index (χ3n) is 3.22. The lowest BCUT2D eigenvalue weighted by atomic mass is 10.1. The zero-order valence-electron chi connectivity index (χ0n) is 12.0. The minimum absolute atomic E-state index is 0.118. The number of nitrogens with zero attached hydrogens (tertiary/aromatic N) is 4. The quantitative estimate of drug-likeness (QED) is 0.800. The molecule has 0 spiro atoms. The Labute approximate surface area is 132 Å². The third-order valence-corrected chi connectivity index (χ3v) is 3.46. The summed E-state index contributed by atoms with van der Waals surface area (Å²) in [6, 6.07) is 9.36. The smallest absolute Gasteiger partial charge is 0.291 e. The number of amides is 1. The molecule has 0 radical (unpaired) electrons. The van der Waals surface area contributed by atoms with Crippen molar-refractivity contribution < 1.29 is 4.79 Å². The maximum absolute atomic E-state index is 12.1. The van der Waals surface area contributed by atoms with Crippen molar-refractivity contribution in [1.82, 2.24) is 24.9 Å². The molecule has 0 bridgehead atoms. The Hall–Kier alpha value is -2.47. The lowest BCUT2D eigenvalue weighted by Crippen LogP contribution is -2.26. The topological polar surface area (TPSA) is 72.2 Å². The fourth-order valence-electron chi connectivity index (χ4n) is 2.09. The highest BCUT2D eigenvalue weighted by molar-refractivity contribution is 6.30. The fraction of sp³-hybridized carbons (Fsp3) is 0.200. The SMILES string of the molecule is Cc1ccnc2nc(C(=O)NCCc3cccc(Cl)c3)nn12. The van der Waals surface area contributed by atoms with Crippen LogP contribution in [0.5, 0.6) is 0 Å². The summed E-state index contributed by atoms with van der Waals surface area (Å²) < 4.78 is 1.55. The van der Waals surface area contributed by atoms with Crippen LogP contribution in [0.3, 0.4) is 0 Å². The maximum Gasteiger partial charge on any atom is 0.291 e. The van der Waals surface area contributed by atoms with Crippen LogP contribution in [0.4, 0.5) is 0 Å². The normalized spacial score (nSPS) is 10.8. The number of hydrogen-bond acceptors (Lipinski definition) is 4. The van der Waals surface area contributed by atoms with Gasteiger partial charge >= 0.3 is 0 Å². The predicted octanol–water partition coefficient (Wildman–Crippen LogP) is 2.06. The molecule has 2 aromatic heterocycles. The number of benzene rings is 1. The molecule has 1 amide bonds. The van der Waals surface area contributed by atoms with E-state index in [1.54, 1.807) is 10.7 Å². The first kappa shape index (κ1) is 14.5. The standard InChI is InChI=1S/C15H14ClN5O/c1-10-5-7-18-15-19-13(20-21(10)15)14(22)17-8-6-11-3-2-4-12(16)9-11/h2-5,7,9H,6,8H2,1H3,(H,17,22). The molecule has 112 valence electrons. The zero-order chi connectivity index (χ0) is 15.5. The van der Waals surface area contributed by atoms with E-state index in [-0.39, 0.29) is 11.7 Å². The van der Waals surface area contributed by atoms with Crippen molar-refractivity contribution in [2.45, 2.75) is 13.3 Å². The van der Waals surface area contributed by atoms with Crippen LogP contribution in [-0.2, 0) is 6.42 Å². The minimum atomic E-state index is -0.313. The van der Waals surface area contributed by atoms with Gasteiger partial charge in [0.1, 0.15) is 0 Å². The first-order chi connectivity index (χ1) is 10.6. The summed E-state index contributed by atoms with van der Waals surface area (Å²) >= 11 is 5.93. The number of hydrogen-bond donors (Lipinski definition) is 1. The van der Waals surface area contributed by atoms with Crippen molar-refractivity contribution in [3.05, 3.63) is 58.6 Å². The molecule has 0 aliphatic heterocycles. The lowest BCUT2D eigenvalue weighted by Gasteiger charge is -2.03. The molecule has 2 heterocycles. The second-order valence-electron chi connectivity index (χ2n) is 4.87. The number of halogens is 1. The summed E-state index contributed by atoms with van der Waals surface area (Å²) in [5.41, 5.74) is 1.93. The van der Waals surface area contributed by atoms with Gasteiger partial charge in [0, 0.05) is 23.5 Å². The van der Waals surface area contributed by atoms with Crippen LogP contribution < -0.4 is 5.32 Å². The fourth-order valence-corrected chi connectivity index (χ4v) is 2.31. The van der Waals surface area contributed by atoms with Gasteiger partial charge in [0.2, 0.25) is 5.82 Å². The summed E-state index contributed by atoms with van der Waals surface area (Å²) in [6.45, 7) is 2.37. The Balaban J connectivity index is 1.65. The van der Waals surface area contributed by atoms with Crippen LogP contribution in [0.2, 0.25) is 5.02 Å². The Kier molecular flexibility index (Phi) is 4.02. The number of carbonyl (C=O) groups is 1. The van der Waals surface area contributed by atoms with E-state index in [1.807, 2.05) is 37.3 Å². The van der Waals surface area contributed by atoms with Crippen molar-refractivity contribution in [2.75, 3.05) is 6.54 Å². The van der Waals surface area contributed by atoms with Gasteiger partial charge in [-0.05, 0) is 37.1 Å². The highest BCUT2D eigenvalue weighted by Gasteiger charge is 2.13. The molecule has 0 atom stereocenters. The number of carbonyl (C=O) groups excluding carboxylic acids is 1. The molecule has 22 heavy (non-hydrogen) atoms. The second kappa shape index (κ2) is 6.11. The summed E-state index contributed by atoms with van der Waals surface area (Å²) in [7, 11) is 0. The Morgan fingerprint density at radius 3 is 3.00 bits per heavy atom. The Morgan fingerprint density at radius 2 is 2.23 bits per heavy atom. The molecule has 0 saturated carbocycles. The summed E-state index contributed by atoms with van der Waals surface area (Å²) in [6.07, 6.45) is 2.33. The summed E-state index contributed by atoms with van der Waals surface area (Å²) in [5.74, 6) is 0.222. The Morgan fingerprint density at radius 1 is 1.36 bits per heavy atom. The summed E-state index contributed by atoms with van der Waals surface area (Å²) in [5, 5.41) is 7.65. The lowest BCUT2D eigenvalue weighted by molar-refractivity contribution is 0.0944. The molecule has 0 unspecified atom stereocenters. The number of aromatic nitrogens is 4. The first-order valence-electron chi connectivity index (χ1n) is 6.84. The number of rotatable bonds is 4. The van der Waals surface area contributed by atoms with Gasteiger partial charge in [-0.25, -0.2) is 9.50 Å². The van der Waals surface area contributed by atoms with Gasteiger partial charge in [-0.1, -0.05) is 23.7 Å². The summed E-state index contributed by atoms with van der Waals surface area (Å²) in [4.78, 5) is 20.3. The number of fused-ring (bicyclic) bond motifs is 1. The van der Waals surface area contributed by atoms with Crippen molar-refractivity contribution in [1.29, 1.82) is 0 Å². The highest BCUT2D eigenvalue weighted by atomic mass is 35.5. The molecule has 0 aliphatic rings. The largest absolute Gasteiger partial charge is 0.349 e. The van der Waals surface area contributed by atoms with Crippen molar-refractivity contribution in [3.8, 4) is 0 Å². The average Bonchev–Trinajstić information content (AvgIpc) is 2.93. The number of nitrogens with one attached hydrogen (secondary N) is 1. The molecule has 0 saturated heterocycles. The van der Waals surface area contributed by atoms with Crippen LogP contribution in [0, 0.1) is 6.92 Å². The number of aryl methyl sites for hydroxylation is 1. The van der Waals surface area contributed by atoms with E-state index in [9.17, 15) is 4.79 Å². The van der Waals surface area contributed by atoms with Gasteiger partial charge in [0.05, 0.1) is 0 Å². The van der Waals surface area contributed by atoms with Crippen LogP contribution in [0.1, 0.15) is 21.9 Å². The van der Waals surface area contributed by atoms with Gasteiger partial charge in [-0.3, -0.25) is 4.79 Å². The molecule has 7 heteroatoms. The second-order valence-corrected chi connectivity index (χ2v) is 5.31. The van der Waals surface area contributed by atoms with Gasteiger partial charge in [0.15, 0.2) is 0 Å². The molecule has 1 aromatic carbocycles. The predicted molar refractivity (Wildman–Crippen MR) is 83.0 cm³/mol.